The van der Waals surface area contributed by atoms with Gasteiger partial charge < -0.3 is 10.2 Å². The first-order valence-corrected chi connectivity index (χ1v) is 5.90. The van der Waals surface area contributed by atoms with Crippen LogP contribution in [-0.4, -0.2) is 62.0 Å². The van der Waals surface area contributed by atoms with Gasteiger partial charge in [0.2, 0.25) is 5.91 Å². The molecule has 1 aliphatic heterocycles. The Morgan fingerprint density at radius 3 is 2.56 bits per heavy atom. The molecule has 92 valence electrons. The number of nitrogens with one attached hydrogen (secondary N) is 1. The molecule has 0 atom stereocenters. The normalized spacial score (nSPS) is 16.4. The standard InChI is InChI=1S/C12H23N3O/c1-11(2)4-7-14(3)10-12(16)15-8-5-13-6-9-15/h4,13H,5-10H2,1-3H3. The Labute approximate surface area is 98.3 Å². The van der Waals surface area contributed by atoms with E-state index in [9.17, 15) is 4.79 Å². The maximum Gasteiger partial charge on any atom is 0.236 e. The number of hydrogen-bond donors (Lipinski definition) is 1. The predicted molar refractivity (Wildman–Crippen MR) is 66.4 cm³/mol. The lowest BCUT2D eigenvalue weighted by Gasteiger charge is -2.29. The minimum absolute atomic E-state index is 0.242. The number of rotatable bonds is 4. The second-order valence-corrected chi connectivity index (χ2v) is 4.61. The van der Waals surface area contributed by atoms with Crippen molar-refractivity contribution in [2.75, 3.05) is 46.3 Å². The van der Waals surface area contributed by atoms with Crippen LogP contribution < -0.4 is 5.32 Å². The quantitative estimate of drug-likeness (QED) is 0.700. The molecular weight excluding hydrogens is 202 g/mol. The van der Waals surface area contributed by atoms with E-state index in [1.807, 2.05) is 11.9 Å². The van der Waals surface area contributed by atoms with Crippen LogP contribution >= 0.6 is 0 Å². The first-order chi connectivity index (χ1) is 7.59. The molecule has 1 heterocycles. The smallest absolute Gasteiger partial charge is 0.236 e. The van der Waals surface area contributed by atoms with Crippen molar-refractivity contribution in [3.8, 4) is 0 Å². The second kappa shape index (κ2) is 6.66. The summed E-state index contributed by atoms with van der Waals surface area (Å²) < 4.78 is 0. The van der Waals surface area contributed by atoms with E-state index >= 15 is 0 Å². The van der Waals surface area contributed by atoms with Gasteiger partial charge in [0.1, 0.15) is 0 Å². The lowest BCUT2D eigenvalue weighted by atomic mass is 10.3. The van der Waals surface area contributed by atoms with E-state index in [-0.39, 0.29) is 5.91 Å². The van der Waals surface area contributed by atoms with Crippen LogP contribution in [0.4, 0.5) is 0 Å². The maximum atomic E-state index is 11.9. The Morgan fingerprint density at radius 1 is 1.38 bits per heavy atom. The van der Waals surface area contributed by atoms with E-state index in [0.717, 1.165) is 32.7 Å². The Morgan fingerprint density at radius 2 is 2.00 bits per heavy atom. The summed E-state index contributed by atoms with van der Waals surface area (Å²) in [6, 6.07) is 0. The molecule has 0 aromatic heterocycles. The molecule has 0 radical (unpaired) electrons. The number of amides is 1. The highest BCUT2D eigenvalue weighted by molar-refractivity contribution is 5.78. The van der Waals surface area contributed by atoms with Crippen molar-refractivity contribution in [2.24, 2.45) is 0 Å². The summed E-state index contributed by atoms with van der Waals surface area (Å²) in [6.07, 6.45) is 2.14. The van der Waals surface area contributed by atoms with Gasteiger partial charge in [-0.15, -0.1) is 0 Å². The molecule has 1 N–H and O–H groups in total. The first kappa shape index (κ1) is 13.2. The molecule has 0 aliphatic carbocycles. The average molecular weight is 225 g/mol. The predicted octanol–water partition coefficient (Wildman–Crippen LogP) is 0.316. The molecule has 0 unspecified atom stereocenters. The molecule has 1 amide bonds. The van der Waals surface area contributed by atoms with Crippen LogP contribution in [0.15, 0.2) is 11.6 Å². The molecule has 1 fully saturated rings. The van der Waals surface area contributed by atoms with Gasteiger partial charge in [-0.25, -0.2) is 0 Å². The zero-order chi connectivity index (χ0) is 12.0. The molecule has 0 spiro atoms. The van der Waals surface area contributed by atoms with Crippen LogP contribution in [0, 0.1) is 0 Å². The number of carbonyl (C=O) groups is 1. The SMILES string of the molecule is CC(C)=CCN(C)CC(=O)N1CCNCC1. The average Bonchev–Trinajstić information content (AvgIpc) is 2.27. The molecule has 0 aromatic rings. The van der Waals surface area contributed by atoms with Crippen molar-refractivity contribution in [3.05, 3.63) is 11.6 Å². The van der Waals surface area contributed by atoms with Gasteiger partial charge in [-0.1, -0.05) is 11.6 Å². The number of hydrogen-bond acceptors (Lipinski definition) is 3. The van der Waals surface area contributed by atoms with E-state index in [4.69, 9.17) is 0 Å². The maximum absolute atomic E-state index is 11.9. The lowest BCUT2D eigenvalue weighted by Crippen LogP contribution is -2.49. The van der Waals surface area contributed by atoms with Crippen LogP contribution in [-0.2, 0) is 4.79 Å². The van der Waals surface area contributed by atoms with Gasteiger partial charge >= 0.3 is 0 Å². The van der Waals surface area contributed by atoms with Crippen molar-refractivity contribution >= 4 is 5.91 Å². The fourth-order valence-corrected chi connectivity index (χ4v) is 1.65. The van der Waals surface area contributed by atoms with Crippen molar-refractivity contribution in [2.45, 2.75) is 13.8 Å². The highest BCUT2D eigenvalue weighted by atomic mass is 16.2. The van der Waals surface area contributed by atoms with Gasteiger partial charge in [-0.3, -0.25) is 9.69 Å². The Balaban J connectivity index is 2.29. The van der Waals surface area contributed by atoms with E-state index in [1.54, 1.807) is 0 Å². The Bertz CT molecular complexity index is 253. The minimum atomic E-state index is 0.242. The van der Waals surface area contributed by atoms with Crippen LogP contribution in [0.25, 0.3) is 0 Å². The van der Waals surface area contributed by atoms with E-state index in [0.29, 0.717) is 6.54 Å². The molecular formula is C12H23N3O. The molecule has 1 rings (SSSR count). The third kappa shape index (κ3) is 4.77. The fourth-order valence-electron chi connectivity index (χ4n) is 1.65. The van der Waals surface area contributed by atoms with Gasteiger partial charge in [0, 0.05) is 32.7 Å². The second-order valence-electron chi connectivity index (χ2n) is 4.61. The highest BCUT2D eigenvalue weighted by Crippen LogP contribution is 1.96. The third-order valence-electron chi connectivity index (χ3n) is 2.69. The zero-order valence-electron chi connectivity index (χ0n) is 10.6. The lowest BCUT2D eigenvalue weighted by molar-refractivity contribution is -0.132. The molecule has 0 saturated carbocycles. The van der Waals surface area contributed by atoms with Crippen molar-refractivity contribution in [3.63, 3.8) is 0 Å². The summed E-state index contributed by atoms with van der Waals surface area (Å²) in [7, 11) is 1.99. The minimum Gasteiger partial charge on any atom is -0.339 e. The summed E-state index contributed by atoms with van der Waals surface area (Å²) in [5, 5.41) is 3.25. The van der Waals surface area contributed by atoms with Crippen LogP contribution in [0.1, 0.15) is 13.8 Å². The van der Waals surface area contributed by atoms with Crippen molar-refractivity contribution in [1.29, 1.82) is 0 Å². The third-order valence-corrected chi connectivity index (χ3v) is 2.69. The highest BCUT2D eigenvalue weighted by Gasteiger charge is 2.16. The van der Waals surface area contributed by atoms with E-state index in [2.05, 4.69) is 30.1 Å². The van der Waals surface area contributed by atoms with Crippen molar-refractivity contribution in [1.82, 2.24) is 15.1 Å². The Hall–Kier alpha value is -0.870. The fraction of sp³-hybridized carbons (Fsp3) is 0.750. The molecule has 0 aromatic carbocycles. The number of allylic oxidation sites excluding steroid dienone is 1. The van der Waals surface area contributed by atoms with Gasteiger partial charge in [0.25, 0.3) is 0 Å². The number of carbonyl (C=O) groups excluding carboxylic acids is 1. The first-order valence-electron chi connectivity index (χ1n) is 5.90. The van der Waals surface area contributed by atoms with E-state index in [1.165, 1.54) is 5.57 Å². The van der Waals surface area contributed by atoms with Crippen LogP contribution in [0.3, 0.4) is 0 Å². The largest absolute Gasteiger partial charge is 0.339 e. The molecule has 1 aliphatic rings. The summed E-state index contributed by atoms with van der Waals surface area (Å²) in [5.74, 6) is 0.242. The molecule has 16 heavy (non-hydrogen) atoms. The molecule has 4 nitrogen and oxygen atoms in total. The summed E-state index contributed by atoms with van der Waals surface area (Å²) in [6.45, 7) is 9.04. The van der Waals surface area contributed by atoms with Crippen LogP contribution in [0.2, 0.25) is 0 Å². The number of piperazine rings is 1. The Kier molecular flexibility index (Phi) is 5.49. The summed E-state index contributed by atoms with van der Waals surface area (Å²) in [5.41, 5.74) is 1.29. The van der Waals surface area contributed by atoms with Crippen LogP contribution in [0.5, 0.6) is 0 Å². The van der Waals surface area contributed by atoms with Gasteiger partial charge in [-0.2, -0.15) is 0 Å². The number of nitrogens with zero attached hydrogens (tertiary/aromatic N) is 2. The van der Waals surface area contributed by atoms with Gasteiger partial charge in [0.15, 0.2) is 0 Å². The topological polar surface area (TPSA) is 35.6 Å². The molecule has 0 bridgehead atoms. The monoisotopic (exact) mass is 225 g/mol. The molecule has 4 heteroatoms. The van der Waals surface area contributed by atoms with Crippen molar-refractivity contribution < 1.29 is 4.79 Å². The summed E-state index contributed by atoms with van der Waals surface area (Å²) >= 11 is 0. The number of likely N-dealkylation sites (N-methyl/N-ethyl adjacent to an activating group) is 1. The summed E-state index contributed by atoms with van der Waals surface area (Å²) in [4.78, 5) is 15.9. The van der Waals surface area contributed by atoms with Gasteiger partial charge in [-0.05, 0) is 20.9 Å². The zero-order valence-corrected chi connectivity index (χ0v) is 10.6. The van der Waals surface area contributed by atoms with Gasteiger partial charge in [0.05, 0.1) is 6.54 Å². The molecule has 1 saturated heterocycles. The van der Waals surface area contributed by atoms with E-state index < -0.39 is 0 Å².